The first kappa shape index (κ1) is 15.2. The van der Waals surface area contributed by atoms with Gasteiger partial charge in [-0.15, -0.1) is 0 Å². The lowest BCUT2D eigenvalue weighted by Gasteiger charge is -2.26. The Morgan fingerprint density at radius 2 is 2.24 bits per heavy atom. The maximum atomic E-state index is 11.4. The summed E-state index contributed by atoms with van der Waals surface area (Å²) in [7, 11) is 0. The van der Waals surface area contributed by atoms with Gasteiger partial charge < -0.3 is 20.5 Å². The number of nitrogens with zero attached hydrogens (tertiary/aromatic N) is 3. The van der Waals surface area contributed by atoms with E-state index in [9.17, 15) is 20.0 Å². The van der Waals surface area contributed by atoms with Crippen LogP contribution in [0.5, 0.6) is 0 Å². The van der Waals surface area contributed by atoms with Crippen molar-refractivity contribution in [3.8, 4) is 0 Å². The van der Waals surface area contributed by atoms with E-state index >= 15 is 0 Å². The Labute approximate surface area is 124 Å². The lowest BCUT2D eigenvalue weighted by Crippen LogP contribution is -2.37. The minimum atomic E-state index is -0.953. The van der Waals surface area contributed by atoms with Gasteiger partial charge in [-0.2, -0.15) is 9.38 Å². The van der Waals surface area contributed by atoms with Crippen molar-refractivity contribution >= 4 is 33.9 Å². The van der Waals surface area contributed by atoms with E-state index in [0.717, 1.165) is 0 Å². The summed E-state index contributed by atoms with van der Waals surface area (Å²) in [6, 6.07) is 0. The van der Waals surface area contributed by atoms with Gasteiger partial charge in [0.05, 0.1) is 5.41 Å². The maximum absolute atomic E-state index is 11.4. The number of carboxylic acid groups (broad SMARTS) is 1. The maximum Gasteiger partial charge on any atom is 0.372 e. The van der Waals surface area contributed by atoms with Gasteiger partial charge in [0.1, 0.15) is 6.20 Å². The van der Waals surface area contributed by atoms with Crippen LogP contribution >= 0.6 is 11.3 Å². The number of hydrogen-bond donors (Lipinski definition) is 2. The van der Waals surface area contributed by atoms with Crippen LogP contribution in [0.15, 0.2) is 11.6 Å². The highest BCUT2D eigenvalue weighted by molar-refractivity contribution is 7.15. The van der Waals surface area contributed by atoms with Crippen molar-refractivity contribution in [3.63, 3.8) is 0 Å². The number of rotatable bonds is 7. The molecule has 0 amide bonds. The number of hydrogen-bond acceptors (Lipinski definition) is 6. The summed E-state index contributed by atoms with van der Waals surface area (Å²) in [6.07, 6.45) is 2.43. The van der Waals surface area contributed by atoms with Crippen molar-refractivity contribution in [1.29, 1.82) is 0 Å². The third-order valence-electron chi connectivity index (χ3n) is 3.81. The van der Waals surface area contributed by atoms with Crippen LogP contribution < -0.4 is 5.32 Å². The molecule has 21 heavy (non-hydrogen) atoms. The molecule has 0 unspecified atom stereocenters. The van der Waals surface area contributed by atoms with Crippen LogP contribution in [0.2, 0.25) is 0 Å². The third-order valence-corrected chi connectivity index (χ3v) is 4.57. The van der Waals surface area contributed by atoms with Gasteiger partial charge in [-0.25, -0.2) is 0 Å². The van der Waals surface area contributed by atoms with Crippen molar-refractivity contribution in [2.45, 2.75) is 26.7 Å². The van der Waals surface area contributed by atoms with E-state index in [1.165, 1.54) is 15.7 Å². The van der Waals surface area contributed by atoms with Crippen LogP contribution in [0.3, 0.4) is 0 Å². The van der Waals surface area contributed by atoms with Gasteiger partial charge in [0, 0.05) is 11.9 Å². The van der Waals surface area contributed by atoms with Gasteiger partial charge in [-0.3, -0.25) is 4.79 Å². The van der Waals surface area contributed by atoms with Crippen LogP contribution in [-0.4, -0.2) is 31.9 Å². The Hall–Kier alpha value is -2.16. The van der Waals surface area contributed by atoms with E-state index in [1.54, 1.807) is 25.4 Å². The predicted octanol–water partition coefficient (Wildman–Crippen LogP) is 2.61. The fraction of sp³-hybridized carbons (Fsp3) is 0.500. The standard InChI is InChI=1S/C12H16N4O4S/c1-3-12(4-2,10(17)18)7-13-8-9(16(19)20)15-5-6-21-11(15)14-8/h5-6,13H,3-4,7H2,1-2H3,(H,17,18). The summed E-state index contributed by atoms with van der Waals surface area (Å²) < 4.78 is 1.38. The minimum Gasteiger partial charge on any atom is -0.481 e. The van der Waals surface area contributed by atoms with E-state index in [0.29, 0.717) is 17.8 Å². The Morgan fingerprint density at radius 3 is 2.76 bits per heavy atom. The number of nitro groups is 1. The smallest absolute Gasteiger partial charge is 0.372 e. The van der Waals surface area contributed by atoms with E-state index in [4.69, 9.17) is 0 Å². The highest BCUT2D eigenvalue weighted by Gasteiger charge is 2.36. The third kappa shape index (κ3) is 2.56. The predicted molar refractivity (Wildman–Crippen MR) is 78.9 cm³/mol. The topological polar surface area (TPSA) is 110 Å². The number of anilines is 1. The molecule has 0 fully saturated rings. The summed E-state index contributed by atoms with van der Waals surface area (Å²) in [5.41, 5.74) is -0.953. The molecule has 8 nitrogen and oxygen atoms in total. The van der Waals surface area contributed by atoms with Crippen molar-refractivity contribution in [2.75, 3.05) is 11.9 Å². The molecule has 0 spiro atoms. The molecule has 0 aliphatic carbocycles. The number of aliphatic carboxylic acids is 1. The highest BCUT2D eigenvalue weighted by atomic mass is 32.1. The second kappa shape index (κ2) is 5.68. The molecule has 0 bridgehead atoms. The minimum absolute atomic E-state index is 0.0982. The number of nitrogens with one attached hydrogen (secondary N) is 1. The molecule has 0 aromatic carbocycles. The van der Waals surface area contributed by atoms with E-state index < -0.39 is 16.3 Å². The van der Waals surface area contributed by atoms with Gasteiger partial charge in [0.15, 0.2) is 0 Å². The number of thiazole rings is 1. The van der Waals surface area contributed by atoms with E-state index in [2.05, 4.69) is 10.3 Å². The zero-order valence-electron chi connectivity index (χ0n) is 11.7. The number of aromatic nitrogens is 2. The largest absolute Gasteiger partial charge is 0.481 e. The van der Waals surface area contributed by atoms with Gasteiger partial charge in [0.2, 0.25) is 5.82 Å². The molecule has 114 valence electrons. The van der Waals surface area contributed by atoms with Crippen LogP contribution in [0, 0.1) is 15.5 Å². The zero-order valence-corrected chi connectivity index (χ0v) is 12.5. The number of carbonyl (C=O) groups is 1. The van der Waals surface area contributed by atoms with Crippen LogP contribution in [0.4, 0.5) is 11.6 Å². The molecule has 2 aromatic rings. The highest BCUT2D eigenvalue weighted by Crippen LogP contribution is 2.31. The second-order valence-electron chi connectivity index (χ2n) is 4.74. The quantitative estimate of drug-likeness (QED) is 0.600. The molecule has 9 heteroatoms. The summed E-state index contributed by atoms with van der Waals surface area (Å²) >= 11 is 1.28. The molecule has 0 saturated carbocycles. The number of carboxylic acids is 1. The normalized spacial score (nSPS) is 11.7. The summed E-state index contributed by atoms with van der Waals surface area (Å²) in [4.78, 5) is 26.8. The van der Waals surface area contributed by atoms with E-state index in [-0.39, 0.29) is 18.2 Å². The molecule has 2 aromatic heterocycles. The molecular formula is C12H16N4O4S. The van der Waals surface area contributed by atoms with Crippen molar-refractivity contribution in [1.82, 2.24) is 9.38 Å². The Balaban J connectivity index is 2.31. The molecular weight excluding hydrogens is 296 g/mol. The molecule has 0 aliphatic heterocycles. The van der Waals surface area contributed by atoms with Crippen LogP contribution in [0.25, 0.3) is 4.96 Å². The lowest BCUT2D eigenvalue weighted by molar-refractivity contribution is -0.389. The van der Waals surface area contributed by atoms with Gasteiger partial charge in [-0.05, 0) is 17.8 Å². The number of imidazole rings is 1. The first-order valence-electron chi connectivity index (χ1n) is 6.52. The average molecular weight is 312 g/mol. The van der Waals surface area contributed by atoms with Crippen LogP contribution in [-0.2, 0) is 4.79 Å². The first-order valence-corrected chi connectivity index (χ1v) is 7.40. The van der Waals surface area contributed by atoms with Crippen molar-refractivity contribution in [3.05, 3.63) is 21.7 Å². The van der Waals surface area contributed by atoms with Gasteiger partial charge >= 0.3 is 11.8 Å². The van der Waals surface area contributed by atoms with Crippen LogP contribution in [0.1, 0.15) is 26.7 Å². The number of fused-ring (bicyclic) bond motifs is 1. The summed E-state index contributed by atoms with van der Waals surface area (Å²) in [5.74, 6) is -0.971. The monoisotopic (exact) mass is 312 g/mol. The molecule has 2 N–H and O–H groups in total. The molecule has 0 aliphatic rings. The Kier molecular flexibility index (Phi) is 4.12. The molecule has 2 heterocycles. The van der Waals surface area contributed by atoms with Gasteiger partial charge in [0.25, 0.3) is 4.96 Å². The van der Waals surface area contributed by atoms with Gasteiger partial charge in [-0.1, -0.05) is 25.2 Å². The molecule has 0 atom stereocenters. The van der Waals surface area contributed by atoms with Crippen molar-refractivity contribution < 1.29 is 14.8 Å². The molecule has 2 rings (SSSR count). The lowest BCUT2D eigenvalue weighted by atomic mass is 9.82. The fourth-order valence-corrected chi connectivity index (χ4v) is 2.91. The summed E-state index contributed by atoms with van der Waals surface area (Å²) in [5, 5.41) is 25.1. The average Bonchev–Trinajstić information content (AvgIpc) is 2.99. The Morgan fingerprint density at radius 1 is 1.57 bits per heavy atom. The fourth-order valence-electron chi connectivity index (χ4n) is 2.20. The summed E-state index contributed by atoms with van der Waals surface area (Å²) in [6.45, 7) is 3.68. The molecule has 0 saturated heterocycles. The first-order chi connectivity index (χ1) is 9.95. The SMILES string of the molecule is CCC(CC)(CNc1nc2sccn2c1[N+](=O)[O-])C(=O)O. The van der Waals surface area contributed by atoms with Crippen molar-refractivity contribution in [2.24, 2.45) is 5.41 Å². The molecule has 0 radical (unpaired) electrons. The zero-order chi connectivity index (χ0) is 15.6. The Bertz CT molecular complexity index is 674. The van der Waals surface area contributed by atoms with E-state index in [1.807, 2.05) is 0 Å². The second-order valence-corrected chi connectivity index (χ2v) is 5.62.